The topological polar surface area (TPSA) is 43.7 Å². The predicted octanol–water partition coefficient (Wildman–Crippen LogP) is 4.35. The van der Waals surface area contributed by atoms with Crippen molar-refractivity contribution in [1.29, 1.82) is 0 Å². The summed E-state index contributed by atoms with van der Waals surface area (Å²) in [6, 6.07) is 5.07. The van der Waals surface area contributed by atoms with Crippen LogP contribution >= 0.6 is 11.6 Å². The fourth-order valence-electron chi connectivity index (χ4n) is 3.72. The van der Waals surface area contributed by atoms with Crippen molar-refractivity contribution in [3.05, 3.63) is 70.8 Å². The van der Waals surface area contributed by atoms with Crippen molar-refractivity contribution in [3.63, 3.8) is 0 Å². The first kappa shape index (κ1) is 23.5. The van der Waals surface area contributed by atoms with Crippen molar-refractivity contribution in [1.82, 2.24) is 4.90 Å². The van der Waals surface area contributed by atoms with E-state index in [9.17, 15) is 10.2 Å². The van der Waals surface area contributed by atoms with E-state index in [0.29, 0.717) is 12.1 Å². The second-order valence-corrected chi connectivity index (χ2v) is 7.89. The van der Waals surface area contributed by atoms with Crippen LogP contribution in [0.5, 0.6) is 5.75 Å². The molecule has 1 aromatic carbocycles. The van der Waals surface area contributed by atoms with Crippen LogP contribution in [0.4, 0.5) is 0 Å². The molecule has 0 bridgehead atoms. The SMILES string of the molecule is C=C(C=[C-]C1CC=CC=C1Cl)c1[c-]c([C@@H]2CCN(C)C[C@@H]2O)c(O)cc1C.[U+2]. The van der Waals surface area contributed by atoms with Gasteiger partial charge in [0.1, 0.15) is 0 Å². The number of piperidine rings is 1. The number of rotatable bonds is 4. The number of aromatic hydroxyl groups is 1. The van der Waals surface area contributed by atoms with Gasteiger partial charge >= 0.3 is 31.1 Å². The maximum Gasteiger partial charge on any atom is 2.00 e. The van der Waals surface area contributed by atoms with Gasteiger partial charge in [0, 0.05) is 17.3 Å². The molecule has 1 heterocycles. The van der Waals surface area contributed by atoms with Gasteiger partial charge in [0.25, 0.3) is 0 Å². The number of β-amino-alcohol motifs (C(OH)–C–C–N with tert-alkyl or cyclic N) is 1. The van der Waals surface area contributed by atoms with Gasteiger partial charge in [-0.2, -0.15) is 6.08 Å². The quantitative estimate of drug-likeness (QED) is 0.388. The van der Waals surface area contributed by atoms with Gasteiger partial charge in [-0.25, -0.2) is 0 Å². The molecule has 2 aliphatic rings. The molecular weight excluding hydrogens is 596 g/mol. The normalized spacial score (nSPS) is 25.4. The number of aryl methyl sites for hydroxylation is 1. The molecular formula is C23H26ClNO2U. The Balaban J connectivity index is 0.00000280. The van der Waals surface area contributed by atoms with Gasteiger partial charge in [0.15, 0.2) is 0 Å². The van der Waals surface area contributed by atoms with Crippen LogP contribution in [-0.2, 0) is 0 Å². The molecule has 3 atom stereocenters. The van der Waals surface area contributed by atoms with E-state index in [-0.39, 0.29) is 48.7 Å². The summed E-state index contributed by atoms with van der Waals surface area (Å²) in [4.78, 5) is 2.10. The van der Waals surface area contributed by atoms with Crippen LogP contribution < -0.4 is 0 Å². The number of benzene rings is 1. The van der Waals surface area contributed by atoms with Crippen LogP contribution in [0.25, 0.3) is 5.57 Å². The fraction of sp³-hybridized carbons (Fsp3) is 0.391. The maximum absolute atomic E-state index is 10.5. The van der Waals surface area contributed by atoms with Crippen molar-refractivity contribution < 1.29 is 41.3 Å². The van der Waals surface area contributed by atoms with E-state index in [1.54, 1.807) is 6.07 Å². The van der Waals surface area contributed by atoms with Crippen molar-refractivity contribution in [2.75, 3.05) is 20.1 Å². The van der Waals surface area contributed by atoms with E-state index in [2.05, 4.69) is 29.7 Å². The standard InChI is InChI=1S/C23H26ClNO2.U/c1-15(8-9-17-6-4-5-7-21(17)24)19-13-20(22(26)12-16(19)2)18-10-11-25(3)14-23(18)27;/h4-5,7-8,12,17-18,23,26-27H,1,6,10-11,14H2,2-3H3;/q-2;+2/t17?,18-,23-;/m0./s1. The molecule has 3 nitrogen and oxygen atoms in total. The molecule has 28 heavy (non-hydrogen) atoms. The summed E-state index contributed by atoms with van der Waals surface area (Å²) in [6.45, 7) is 7.56. The minimum Gasteiger partial charge on any atom is -0.551 e. The third-order valence-corrected chi connectivity index (χ3v) is 5.70. The molecule has 5 heteroatoms. The Labute approximate surface area is 196 Å². The Morgan fingerprint density at radius 3 is 2.89 bits per heavy atom. The van der Waals surface area contributed by atoms with Crippen molar-refractivity contribution in [3.8, 4) is 5.75 Å². The zero-order valence-corrected chi connectivity index (χ0v) is 21.3. The molecule has 2 N–H and O–H groups in total. The van der Waals surface area contributed by atoms with E-state index >= 15 is 0 Å². The molecule has 3 rings (SSSR count). The van der Waals surface area contributed by atoms with Gasteiger partial charge in [-0.3, -0.25) is 6.08 Å². The summed E-state index contributed by atoms with van der Waals surface area (Å²) in [5.74, 6) is 0.109. The molecule has 1 aromatic rings. The van der Waals surface area contributed by atoms with E-state index in [0.717, 1.165) is 41.1 Å². The number of aliphatic hydroxyl groups excluding tert-OH is 1. The summed E-state index contributed by atoms with van der Waals surface area (Å²) >= 11 is 6.24. The fourth-order valence-corrected chi connectivity index (χ4v) is 3.94. The smallest absolute Gasteiger partial charge is 0.551 e. The third kappa shape index (κ3) is 5.44. The second-order valence-electron chi connectivity index (χ2n) is 7.46. The van der Waals surface area contributed by atoms with Crippen LogP contribution in [0.2, 0.25) is 0 Å². The second kappa shape index (κ2) is 10.3. The summed E-state index contributed by atoms with van der Waals surface area (Å²) in [5.41, 5.74) is 3.18. The maximum atomic E-state index is 10.5. The number of likely N-dealkylation sites (N-methyl/N-ethyl adjacent to an activating group) is 1. The largest absolute Gasteiger partial charge is 2.00 e. The van der Waals surface area contributed by atoms with Crippen molar-refractivity contribution >= 4 is 17.2 Å². The van der Waals surface area contributed by atoms with E-state index in [1.165, 1.54) is 0 Å². The molecule has 1 aliphatic carbocycles. The van der Waals surface area contributed by atoms with Crippen LogP contribution in [0, 0.1) is 56.1 Å². The van der Waals surface area contributed by atoms with Gasteiger partial charge < -0.3 is 15.1 Å². The molecule has 1 aliphatic heterocycles. The summed E-state index contributed by atoms with van der Waals surface area (Å²) in [7, 11) is 1.99. The Hall–Kier alpha value is -0.758. The van der Waals surface area contributed by atoms with Gasteiger partial charge in [-0.15, -0.1) is 35.4 Å². The number of aliphatic hydroxyl groups is 1. The van der Waals surface area contributed by atoms with Crippen LogP contribution in [0.15, 0.2) is 42.0 Å². The first-order valence-electron chi connectivity index (χ1n) is 9.30. The zero-order valence-electron chi connectivity index (χ0n) is 16.4. The van der Waals surface area contributed by atoms with Crippen LogP contribution in [0.1, 0.15) is 35.4 Å². The van der Waals surface area contributed by atoms with Gasteiger partial charge in [-0.1, -0.05) is 42.2 Å². The summed E-state index contributed by atoms with van der Waals surface area (Å²) in [6.07, 6.45) is 12.2. The molecule has 1 fully saturated rings. The molecule has 146 valence electrons. The monoisotopic (exact) mass is 621 g/mol. The number of hydrogen-bond donors (Lipinski definition) is 2. The number of phenolic OH excluding ortho intramolecular Hbond substituents is 1. The molecule has 0 amide bonds. The van der Waals surface area contributed by atoms with Gasteiger partial charge in [0.05, 0.1) is 6.10 Å². The van der Waals surface area contributed by atoms with Crippen LogP contribution in [-0.4, -0.2) is 41.4 Å². The molecule has 1 saturated heterocycles. The predicted molar refractivity (Wildman–Crippen MR) is 111 cm³/mol. The van der Waals surface area contributed by atoms with Crippen molar-refractivity contribution in [2.24, 2.45) is 5.92 Å². The number of halogens is 1. The number of hydrogen-bond acceptors (Lipinski definition) is 3. The molecule has 0 saturated carbocycles. The zero-order chi connectivity index (χ0) is 19.6. The molecule has 0 spiro atoms. The molecule has 0 radical (unpaired) electrons. The summed E-state index contributed by atoms with van der Waals surface area (Å²) < 4.78 is 0. The Morgan fingerprint density at radius 1 is 1.46 bits per heavy atom. The van der Waals surface area contributed by atoms with Crippen LogP contribution in [0.3, 0.4) is 0 Å². The van der Waals surface area contributed by atoms with E-state index in [4.69, 9.17) is 11.6 Å². The Morgan fingerprint density at radius 2 is 2.21 bits per heavy atom. The first-order valence-corrected chi connectivity index (χ1v) is 9.67. The average Bonchev–Trinajstić information content (AvgIpc) is 2.62. The summed E-state index contributed by atoms with van der Waals surface area (Å²) in [5, 5.41) is 21.7. The molecule has 0 aromatic heterocycles. The number of likely N-dealkylation sites (tertiary alicyclic amines) is 1. The van der Waals surface area contributed by atoms with Gasteiger partial charge in [0.2, 0.25) is 0 Å². The minimum atomic E-state index is -0.519. The average molecular weight is 622 g/mol. The van der Waals surface area contributed by atoms with Gasteiger partial charge in [-0.05, 0) is 38.4 Å². The number of phenols is 1. The number of nitrogens with zero attached hydrogens (tertiary/aromatic N) is 1. The minimum absolute atomic E-state index is 0. The van der Waals surface area contributed by atoms with E-state index in [1.807, 2.05) is 32.2 Å². The Bertz CT molecular complexity index is 815. The number of allylic oxidation sites excluding steroid dienone is 7. The first-order chi connectivity index (χ1) is 12.9. The van der Waals surface area contributed by atoms with E-state index < -0.39 is 6.10 Å². The Kier molecular flexibility index (Phi) is 8.67. The third-order valence-electron chi connectivity index (χ3n) is 5.32. The van der Waals surface area contributed by atoms with Crippen molar-refractivity contribution in [2.45, 2.75) is 31.8 Å². The molecule has 1 unspecified atom stereocenters.